The van der Waals surface area contributed by atoms with Crippen LogP contribution < -0.4 is 9.64 Å². The summed E-state index contributed by atoms with van der Waals surface area (Å²) in [4.78, 5) is 26.9. The summed E-state index contributed by atoms with van der Waals surface area (Å²) in [5.41, 5.74) is 1.35. The lowest BCUT2D eigenvalue weighted by molar-refractivity contribution is 0.0925. The number of imide groups is 1. The number of carbonyl (C=O) groups is 2. The van der Waals surface area contributed by atoms with E-state index >= 15 is 0 Å². The van der Waals surface area contributed by atoms with Gasteiger partial charge >= 0.3 is 0 Å². The maximum Gasteiger partial charge on any atom is 0.266 e. The molecule has 0 N–H and O–H groups in total. The van der Waals surface area contributed by atoms with E-state index in [2.05, 4.69) is 0 Å². The van der Waals surface area contributed by atoms with E-state index in [-0.39, 0.29) is 11.8 Å². The molecule has 1 aliphatic rings. The molecule has 0 fully saturated rings. The molecule has 0 spiro atoms. The van der Waals surface area contributed by atoms with Crippen LogP contribution in [0.1, 0.15) is 27.6 Å². The van der Waals surface area contributed by atoms with Gasteiger partial charge < -0.3 is 4.74 Å². The first-order valence-corrected chi connectivity index (χ1v) is 7.84. The van der Waals surface area contributed by atoms with Crippen molar-refractivity contribution in [3.05, 3.63) is 71.8 Å². The number of fused-ring (bicyclic) bond motifs is 2. The van der Waals surface area contributed by atoms with Gasteiger partial charge in [0, 0.05) is 0 Å². The number of hydrogen-bond acceptors (Lipinski definition) is 3. The minimum absolute atomic E-state index is 0.312. The number of carbonyl (C=O) groups excluding carboxylic acids is 2. The molecule has 3 aromatic rings. The Labute approximate surface area is 139 Å². The van der Waals surface area contributed by atoms with Crippen LogP contribution in [0.3, 0.4) is 0 Å². The van der Waals surface area contributed by atoms with Gasteiger partial charge in [-0.1, -0.05) is 36.4 Å². The third-order valence-electron chi connectivity index (χ3n) is 4.16. The first kappa shape index (κ1) is 14.5. The largest absolute Gasteiger partial charge is 0.492 e. The smallest absolute Gasteiger partial charge is 0.266 e. The number of para-hydroxylation sites is 2. The van der Waals surface area contributed by atoms with Gasteiger partial charge in [0.15, 0.2) is 0 Å². The molecule has 3 aromatic carbocycles. The van der Waals surface area contributed by atoms with E-state index in [9.17, 15) is 9.59 Å². The van der Waals surface area contributed by atoms with Crippen molar-refractivity contribution >= 4 is 28.3 Å². The second kappa shape index (κ2) is 5.49. The van der Waals surface area contributed by atoms with Crippen molar-refractivity contribution < 1.29 is 14.3 Å². The van der Waals surface area contributed by atoms with Gasteiger partial charge in [0.1, 0.15) is 5.75 Å². The SMILES string of the molecule is CCOc1ccccc1N1C(=O)c2cc3ccccc3cc2C1=O. The number of nitrogens with zero attached hydrogens (tertiary/aromatic N) is 1. The standard InChI is InChI=1S/C20H15NO3/c1-2-24-18-10-6-5-9-17(18)21-19(22)15-11-13-7-3-4-8-14(13)12-16(15)20(21)23/h3-12H,2H2,1H3. The molecular weight excluding hydrogens is 302 g/mol. The minimum Gasteiger partial charge on any atom is -0.492 e. The van der Waals surface area contributed by atoms with Crippen molar-refractivity contribution in [3.8, 4) is 5.75 Å². The Morgan fingerprint density at radius 2 is 1.38 bits per heavy atom. The molecule has 118 valence electrons. The Morgan fingerprint density at radius 1 is 0.833 bits per heavy atom. The summed E-state index contributed by atoms with van der Waals surface area (Å²) in [6.45, 7) is 2.33. The van der Waals surface area contributed by atoms with Crippen molar-refractivity contribution in [2.24, 2.45) is 0 Å². The Morgan fingerprint density at radius 3 is 1.96 bits per heavy atom. The average molecular weight is 317 g/mol. The molecule has 4 heteroatoms. The highest BCUT2D eigenvalue weighted by atomic mass is 16.5. The zero-order valence-corrected chi connectivity index (χ0v) is 13.2. The van der Waals surface area contributed by atoms with Crippen molar-refractivity contribution in [1.29, 1.82) is 0 Å². The van der Waals surface area contributed by atoms with Gasteiger partial charge in [-0.15, -0.1) is 0 Å². The normalized spacial score (nSPS) is 13.5. The predicted molar refractivity (Wildman–Crippen MR) is 92.7 cm³/mol. The number of benzene rings is 3. The summed E-state index contributed by atoms with van der Waals surface area (Å²) in [6.07, 6.45) is 0. The lowest BCUT2D eigenvalue weighted by Gasteiger charge is -2.17. The third kappa shape index (κ3) is 2.07. The summed E-state index contributed by atoms with van der Waals surface area (Å²) < 4.78 is 5.58. The van der Waals surface area contributed by atoms with Crippen LogP contribution in [0.25, 0.3) is 10.8 Å². The van der Waals surface area contributed by atoms with Gasteiger partial charge in [0.25, 0.3) is 11.8 Å². The first-order chi connectivity index (χ1) is 11.7. The minimum atomic E-state index is -0.312. The maximum atomic E-state index is 12.9. The summed E-state index contributed by atoms with van der Waals surface area (Å²) in [7, 11) is 0. The van der Waals surface area contributed by atoms with Crippen LogP contribution in [-0.2, 0) is 0 Å². The van der Waals surface area contributed by atoms with E-state index < -0.39 is 0 Å². The van der Waals surface area contributed by atoms with E-state index in [1.165, 1.54) is 4.90 Å². The molecule has 24 heavy (non-hydrogen) atoms. The summed E-state index contributed by atoms with van der Waals surface area (Å²) in [6, 6.07) is 18.4. The van der Waals surface area contributed by atoms with Crippen molar-refractivity contribution in [2.75, 3.05) is 11.5 Å². The molecule has 2 amide bonds. The van der Waals surface area contributed by atoms with Gasteiger partial charge in [-0.25, -0.2) is 4.90 Å². The van der Waals surface area contributed by atoms with Crippen LogP contribution in [0.4, 0.5) is 5.69 Å². The van der Waals surface area contributed by atoms with Gasteiger partial charge in [0.2, 0.25) is 0 Å². The fraction of sp³-hybridized carbons (Fsp3) is 0.100. The van der Waals surface area contributed by atoms with E-state index in [1.807, 2.05) is 37.3 Å². The molecule has 0 unspecified atom stereocenters. The number of rotatable bonds is 3. The molecule has 0 aliphatic carbocycles. The van der Waals surface area contributed by atoms with E-state index in [0.29, 0.717) is 29.2 Å². The first-order valence-electron chi connectivity index (χ1n) is 7.84. The van der Waals surface area contributed by atoms with Gasteiger partial charge in [0.05, 0.1) is 23.4 Å². The topological polar surface area (TPSA) is 46.6 Å². The van der Waals surface area contributed by atoms with Crippen LogP contribution in [0.15, 0.2) is 60.7 Å². The fourth-order valence-electron chi connectivity index (χ4n) is 3.07. The Hall–Kier alpha value is -3.14. The second-order valence-electron chi connectivity index (χ2n) is 5.59. The van der Waals surface area contributed by atoms with Gasteiger partial charge in [-0.2, -0.15) is 0 Å². The molecule has 0 radical (unpaired) electrons. The zero-order chi connectivity index (χ0) is 16.7. The van der Waals surface area contributed by atoms with Crippen molar-refractivity contribution in [3.63, 3.8) is 0 Å². The maximum absolute atomic E-state index is 12.9. The van der Waals surface area contributed by atoms with Crippen LogP contribution in [0.5, 0.6) is 5.75 Å². The molecule has 1 aliphatic heterocycles. The number of hydrogen-bond donors (Lipinski definition) is 0. The molecule has 4 nitrogen and oxygen atoms in total. The monoisotopic (exact) mass is 317 g/mol. The summed E-state index contributed by atoms with van der Waals surface area (Å²) in [5.74, 6) is -0.0973. The van der Waals surface area contributed by atoms with Crippen molar-refractivity contribution in [2.45, 2.75) is 6.92 Å². The van der Waals surface area contributed by atoms with Gasteiger partial charge in [-0.05, 0) is 42.0 Å². The van der Waals surface area contributed by atoms with Crippen molar-refractivity contribution in [1.82, 2.24) is 0 Å². The second-order valence-corrected chi connectivity index (χ2v) is 5.59. The Bertz CT molecular complexity index is 923. The molecular formula is C20H15NO3. The lowest BCUT2D eigenvalue weighted by Crippen LogP contribution is -2.29. The van der Waals surface area contributed by atoms with Crippen LogP contribution in [-0.4, -0.2) is 18.4 Å². The van der Waals surface area contributed by atoms with E-state index in [4.69, 9.17) is 4.74 Å². The van der Waals surface area contributed by atoms with Crippen LogP contribution >= 0.6 is 0 Å². The highest BCUT2D eigenvalue weighted by Crippen LogP contribution is 2.36. The summed E-state index contributed by atoms with van der Waals surface area (Å²) in [5, 5.41) is 1.88. The molecule has 0 atom stereocenters. The third-order valence-corrected chi connectivity index (χ3v) is 4.16. The number of anilines is 1. The molecule has 1 heterocycles. The average Bonchev–Trinajstić information content (AvgIpc) is 2.85. The summed E-state index contributed by atoms with van der Waals surface area (Å²) >= 11 is 0. The molecule has 4 rings (SSSR count). The predicted octanol–water partition coefficient (Wildman–Crippen LogP) is 4.04. The molecule has 0 aromatic heterocycles. The Balaban J connectivity index is 1.87. The van der Waals surface area contributed by atoms with Crippen LogP contribution in [0, 0.1) is 0 Å². The molecule has 0 saturated heterocycles. The molecule has 0 saturated carbocycles. The molecule has 0 bridgehead atoms. The highest BCUT2D eigenvalue weighted by molar-refractivity contribution is 6.35. The highest BCUT2D eigenvalue weighted by Gasteiger charge is 2.38. The zero-order valence-electron chi connectivity index (χ0n) is 13.2. The van der Waals surface area contributed by atoms with Gasteiger partial charge in [-0.3, -0.25) is 9.59 Å². The fourth-order valence-corrected chi connectivity index (χ4v) is 3.07. The van der Waals surface area contributed by atoms with E-state index in [1.54, 1.807) is 30.3 Å². The van der Waals surface area contributed by atoms with E-state index in [0.717, 1.165) is 10.8 Å². The number of ether oxygens (including phenoxy) is 1. The van der Waals surface area contributed by atoms with Crippen LogP contribution in [0.2, 0.25) is 0 Å². The lowest BCUT2D eigenvalue weighted by atomic mass is 10.0. The quantitative estimate of drug-likeness (QED) is 0.685. The number of amides is 2. The Kier molecular flexibility index (Phi) is 3.31.